The van der Waals surface area contributed by atoms with Gasteiger partial charge in [-0.3, -0.25) is 14.9 Å². The number of sulfonamides is 1. The predicted octanol–water partition coefficient (Wildman–Crippen LogP) is 4.31. The maximum atomic E-state index is 12.8. The van der Waals surface area contributed by atoms with Gasteiger partial charge in [0.25, 0.3) is 11.6 Å². The first-order chi connectivity index (χ1) is 13.7. The summed E-state index contributed by atoms with van der Waals surface area (Å²) in [6, 6.07) is 9.45. The molecule has 0 aliphatic heterocycles. The second kappa shape index (κ2) is 9.82. The van der Waals surface area contributed by atoms with E-state index in [2.05, 4.69) is 5.32 Å². The molecule has 2 aromatic carbocycles. The summed E-state index contributed by atoms with van der Waals surface area (Å²) in [5.74, 6) is -0.692. The lowest BCUT2D eigenvalue weighted by atomic mass is 10.1. The molecule has 0 aliphatic carbocycles. The van der Waals surface area contributed by atoms with Gasteiger partial charge >= 0.3 is 0 Å². The van der Waals surface area contributed by atoms with Gasteiger partial charge in [0.05, 0.1) is 9.82 Å². The van der Waals surface area contributed by atoms with Crippen molar-refractivity contribution >= 4 is 38.9 Å². The molecule has 0 saturated carbocycles. The average Bonchev–Trinajstić information content (AvgIpc) is 2.68. The summed E-state index contributed by atoms with van der Waals surface area (Å²) in [4.78, 5) is 23.0. The largest absolute Gasteiger partial charge is 0.322 e. The minimum absolute atomic E-state index is 0.120. The molecule has 0 atom stereocenters. The molecule has 1 amide bonds. The summed E-state index contributed by atoms with van der Waals surface area (Å²) in [5, 5.41) is 13.8. The smallest absolute Gasteiger partial charge is 0.283 e. The second-order valence-corrected chi connectivity index (χ2v) is 8.68. The molecule has 29 heavy (non-hydrogen) atoms. The van der Waals surface area contributed by atoms with E-state index in [1.165, 1.54) is 40.7 Å². The van der Waals surface area contributed by atoms with Crippen LogP contribution in [0.3, 0.4) is 0 Å². The number of hydrogen-bond acceptors (Lipinski definition) is 5. The topological polar surface area (TPSA) is 110 Å². The summed E-state index contributed by atoms with van der Waals surface area (Å²) in [6.45, 7) is 4.67. The van der Waals surface area contributed by atoms with Crippen molar-refractivity contribution in [3.8, 4) is 0 Å². The monoisotopic (exact) mass is 439 g/mol. The van der Waals surface area contributed by atoms with Crippen LogP contribution in [0.4, 0.5) is 11.4 Å². The summed E-state index contributed by atoms with van der Waals surface area (Å²) < 4.78 is 27.0. The Morgan fingerprint density at radius 2 is 1.69 bits per heavy atom. The van der Waals surface area contributed by atoms with E-state index in [4.69, 9.17) is 11.6 Å². The van der Waals surface area contributed by atoms with Crippen molar-refractivity contribution in [3.05, 3.63) is 63.2 Å². The molecule has 0 fully saturated rings. The predicted molar refractivity (Wildman–Crippen MR) is 112 cm³/mol. The Bertz CT molecular complexity index is 987. The van der Waals surface area contributed by atoms with Gasteiger partial charge < -0.3 is 5.32 Å². The van der Waals surface area contributed by atoms with Crippen molar-refractivity contribution in [2.45, 2.75) is 31.6 Å². The zero-order chi connectivity index (χ0) is 21.6. The van der Waals surface area contributed by atoms with Crippen molar-refractivity contribution in [2.75, 3.05) is 18.4 Å². The third-order valence-electron chi connectivity index (χ3n) is 4.10. The highest BCUT2D eigenvalue weighted by Crippen LogP contribution is 2.25. The van der Waals surface area contributed by atoms with E-state index in [1.54, 1.807) is 0 Å². The number of nitrogens with zero attached hydrogens (tertiary/aromatic N) is 2. The average molecular weight is 440 g/mol. The summed E-state index contributed by atoms with van der Waals surface area (Å²) in [6.07, 6.45) is 1.40. The molecular weight excluding hydrogens is 418 g/mol. The van der Waals surface area contributed by atoms with Crippen molar-refractivity contribution in [2.24, 2.45) is 0 Å². The minimum Gasteiger partial charge on any atom is -0.322 e. The van der Waals surface area contributed by atoms with E-state index in [0.717, 1.165) is 6.07 Å². The molecule has 0 radical (unpaired) electrons. The van der Waals surface area contributed by atoms with Crippen LogP contribution in [-0.4, -0.2) is 36.6 Å². The lowest BCUT2D eigenvalue weighted by Crippen LogP contribution is -2.32. The van der Waals surface area contributed by atoms with E-state index in [1.807, 2.05) is 13.8 Å². The number of anilines is 1. The van der Waals surface area contributed by atoms with Gasteiger partial charge in [-0.1, -0.05) is 25.4 Å². The van der Waals surface area contributed by atoms with Crippen LogP contribution in [0.1, 0.15) is 37.0 Å². The highest BCUT2D eigenvalue weighted by molar-refractivity contribution is 7.89. The first kappa shape index (κ1) is 22.8. The van der Waals surface area contributed by atoms with Crippen molar-refractivity contribution in [3.63, 3.8) is 0 Å². The molecule has 1 N–H and O–H groups in total. The van der Waals surface area contributed by atoms with E-state index in [-0.39, 0.29) is 15.5 Å². The summed E-state index contributed by atoms with van der Waals surface area (Å²) in [5.41, 5.74) is -0.243. The molecule has 10 heteroatoms. The van der Waals surface area contributed by atoms with E-state index in [0.29, 0.717) is 31.6 Å². The number of hydrogen-bond donors (Lipinski definition) is 1. The van der Waals surface area contributed by atoms with Gasteiger partial charge in [-0.2, -0.15) is 4.31 Å². The maximum Gasteiger partial charge on any atom is 0.283 e. The van der Waals surface area contributed by atoms with Gasteiger partial charge in [-0.25, -0.2) is 8.42 Å². The van der Waals surface area contributed by atoms with Gasteiger partial charge in [-0.05, 0) is 49.2 Å². The van der Waals surface area contributed by atoms with Crippen LogP contribution in [0, 0.1) is 10.1 Å². The quantitative estimate of drug-likeness (QED) is 0.462. The lowest BCUT2D eigenvalue weighted by Gasteiger charge is -2.21. The molecule has 0 saturated heterocycles. The molecule has 0 spiro atoms. The Balaban J connectivity index is 2.23. The maximum absolute atomic E-state index is 12.8. The Morgan fingerprint density at radius 3 is 2.21 bits per heavy atom. The summed E-state index contributed by atoms with van der Waals surface area (Å²) >= 11 is 5.76. The first-order valence-electron chi connectivity index (χ1n) is 9.06. The van der Waals surface area contributed by atoms with Gasteiger partial charge in [0.15, 0.2) is 0 Å². The third kappa shape index (κ3) is 5.53. The zero-order valence-corrected chi connectivity index (χ0v) is 17.7. The molecule has 0 unspecified atom stereocenters. The fraction of sp³-hybridized carbons (Fsp3) is 0.316. The van der Waals surface area contributed by atoms with Crippen LogP contribution in [0.2, 0.25) is 5.02 Å². The number of halogens is 1. The molecule has 0 aliphatic rings. The van der Waals surface area contributed by atoms with Gasteiger partial charge in [-0.15, -0.1) is 0 Å². The Hall–Kier alpha value is -2.49. The molecule has 0 bridgehead atoms. The fourth-order valence-electron chi connectivity index (χ4n) is 2.76. The highest BCUT2D eigenvalue weighted by atomic mass is 35.5. The van der Waals surface area contributed by atoms with Gasteiger partial charge in [0, 0.05) is 29.9 Å². The summed E-state index contributed by atoms with van der Waals surface area (Å²) in [7, 11) is -3.63. The first-order valence-corrected chi connectivity index (χ1v) is 10.9. The zero-order valence-electron chi connectivity index (χ0n) is 16.1. The molecule has 2 rings (SSSR count). The second-order valence-electron chi connectivity index (χ2n) is 6.30. The van der Waals surface area contributed by atoms with Crippen molar-refractivity contribution in [1.29, 1.82) is 0 Å². The normalized spacial score (nSPS) is 11.4. The van der Waals surface area contributed by atoms with Crippen LogP contribution < -0.4 is 5.32 Å². The van der Waals surface area contributed by atoms with Crippen LogP contribution in [-0.2, 0) is 10.0 Å². The molecule has 0 aromatic heterocycles. The number of benzene rings is 2. The molecule has 8 nitrogen and oxygen atoms in total. The van der Waals surface area contributed by atoms with E-state index < -0.39 is 26.5 Å². The lowest BCUT2D eigenvalue weighted by molar-refractivity contribution is -0.385. The number of nitro benzene ring substituents is 1. The number of carbonyl (C=O) groups excluding carboxylic acids is 1. The minimum atomic E-state index is -3.63. The molecule has 2 aromatic rings. The fourth-order valence-corrected chi connectivity index (χ4v) is 4.55. The number of carbonyl (C=O) groups is 1. The van der Waals surface area contributed by atoms with Crippen molar-refractivity contribution < 1.29 is 18.1 Å². The number of amides is 1. The molecular formula is C19H22ClN3O5S. The molecule has 0 heterocycles. The SMILES string of the molecule is CCCN(CCC)S(=O)(=O)c1ccc(NC(=O)c2ccc(Cl)cc2[N+](=O)[O-])cc1. The van der Waals surface area contributed by atoms with E-state index >= 15 is 0 Å². The van der Waals surface area contributed by atoms with E-state index in [9.17, 15) is 23.3 Å². The Morgan fingerprint density at radius 1 is 1.10 bits per heavy atom. The van der Waals surface area contributed by atoms with Crippen LogP contribution in [0.25, 0.3) is 0 Å². The van der Waals surface area contributed by atoms with Crippen LogP contribution in [0.15, 0.2) is 47.4 Å². The highest BCUT2D eigenvalue weighted by Gasteiger charge is 2.24. The molecule has 156 valence electrons. The van der Waals surface area contributed by atoms with Gasteiger partial charge in [0.2, 0.25) is 10.0 Å². The number of rotatable bonds is 9. The van der Waals surface area contributed by atoms with Crippen molar-refractivity contribution in [1.82, 2.24) is 4.31 Å². The third-order valence-corrected chi connectivity index (χ3v) is 6.25. The Labute approximate surface area is 174 Å². The number of nitro groups is 1. The Kier molecular flexibility index (Phi) is 7.72. The van der Waals surface area contributed by atoms with Crippen LogP contribution in [0.5, 0.6) is 0 Å². The standard InChI is InChI=1S/C19H22ClN3O5S/c1-3-11-22(12-4-2)29(27,28)16-8-6-15(7-9-16)21-19(24)17-10-5-14(20)13-18(17)23(25)26/h5-10,13H,3-4,11-12H2,1-2H3,(H,21,24). The number of nitrogens with one attached hydrogen (secondary N) is 1. The van der Waals surface area contributed by atoms with Gasteiger partial charge in [0.1, 0.15) is 5.56 Å². The van der Waals surface area contributed by atoms with Crippen LogP contribution >= 0.6 is 11.6 Å².